The minimum atomic E-state index is -2.56. The van der Waals surface area contributed by atoms with E-state index in [9.17, 15) is 4.79 Å². The molecule has 0 aromatic carbocycles. The number of allylic oxidation sites excluding steroid dienone is 1. The van der Waals surface area contributed by atoms with Gasteiger partial charge in [-0.2, -0.15) is 0 Å². The van der Waals surface area contributed by atoms with Crippen molar-refractivity contribution in [3.63, 3.8) is 0 Å². The van der Waals surface area contributed by atoms with Crippen LogP contribution in [-0.4, -0.2) is 169 Å². The van der Waals surface area contributed by atoms with Crippen molar-refractivity contribution in [2.45, 2.75) is 389 Å². The van der Waals surface area contributed by atoms with Crippen molar-refractivity contribution in [1.29, 1.82) is 0 Å². The minimum absolute atomic E-state index is 0.00768. The van der Waals surface area contributed by atoms with Gasteiger partial charge in [0.2, 0.25) is 0 Å². The van der Waals surface area contributed by atoms with Gasteiger partial charge in [0.25, 0.3) is 0 Å². The van der Waals surface area contributed by atoms with Gasteiger partial charge in [-0.05, 0) is 154 Å². The molecule has 8 aliphatic heterocycles. The van der Waals surface area contributed by atoms with Gasteiger partial charge >= 0.3 is 5.97 Å². The SMILES string of the molecule is C=C1[C@H](C)CC2CC[C@@H]3O[C@@H](CCC/C=C/C(O[Si](C)(C)C(C)(C)C)[C@@H]4O[C@H]5CCC(CC(=O)CC6C(C[C@H]1OC(C)=O)O[C@H](CC(CO[Si](C)(C)C(C)(C)C)O[Si](C)(C)C(C)(C)C)[C@@H]6OC)O[C@@H]5C(O[Si](C)(C)C(C)(C)C)C4O[Si](C)(C)C(C)(C)C)CC3(CI)O2. The monoisotopic (exact) mass is 1490 g/mol. The maximum absolute atomic E-state index is 15.5. The van der Waals surface area contributed by atoms with Crippen molar-refractivity contribution in [2.24, 2.45) is 11.8 Å². The predicted octanol–water partition coefficient (Wildman–Crippen LogP) is 18.2. The van der Waals surface area contributed by atoms with Crippen LogP contribution in [0.4, 0.5) is 0 Å². The molecule has 20 heteroatoms. The lowest BCUT2D eigenvalue weighted by molar-refractivity contribution is -0.266. The molecule has 0 radical (unpaired) electrons. The molecule has 5 fully saturated rings. The molecule has 0 spiro atoms. The van der Waals surface area contributed by atoms with Gasteiger partial charge in [-0.1, -0.05) is 152 Å². The average Bonchev–Trinajstić information content (AvgIpc) is 0.910. The number of halogens is 1. The quantitative estimate of drug-likeness (QED) is 0.0475. The standard InChI is InChI=1S/C72H135IO14Si5/c1-47-39-52-36-38-61-72(46-73,83-52)44-53(79-61)33-31-30-32-34-57(85-90(24,25)69(10,11)12)64-66(87-92(28,29)71(16,17)18)65(86-91(26,27)70(13,14)15)63-56(82-64)37-35-51(80-63)40-50(75)41-55-59(43-58(48(47)2)78-49(3)74)81-60(62(55)76-19)42-54(84-89(22,23)68(7,8)9)45-77-88(20,21)67(4,5)6/h32,34,47,51-66H,2,30-31,33,35-46H2,1,3-29H3/b34-32+/t47-,51?,52?,53+,54?,55?,56+,57?,58-,59?,60-,61+,62-,63+,64+,65?,66?,72?/m1/s1. The zero-order valence-corrected chi connectivity index (χ0v) is 70.5. The molecule has 0 amide bonds. The normalized spacial score (nSPS) is 35.1. The maximum atomic E-state index is 15.5. The van der Waals surface area contributed by atoms with Crippen LogP contribution in [0.5, 0.6) is 0 Å². The number of alkyl halides is 1. The van der Waals surface area contributed by atoms with Gasteiger partial charge in [0.1, 0.15) is 41.9 Å². The third kappa shape index (κ3) is 19.7. The van der Waals surface area contributed by atoms with E-state index in [1.807, 2.05) is 0 Å². The van der Waals surface area contributed by atoms with E-state index in [0.717, 1.165) is 54.9 Å². The van der Waals surface area contributed by atoms with E-state index in [-0.39, 0.29) is 80.3 Å². The molecule has 0 N–H and O–H groups in total. The molecule has 8 aliphatic rings. The van der Waals surface area contributed by atoms with Gasteiger partial charge in [0.15, 0.2) is 41.6 Å². The average molecular weight is 1490 g/mol. The fourth-order valence-corrected chi connectivity index (χ4v) is 20.5. The van der Waals surface area contributed by atoms with Crippen molar-refractivity contribution in [1.82, 2.24) is 0 Å². The number of esters is 1. The molecule has 8 rings (SSSR count). The Kier molecular flexibility index (Phi) is 27.0. The molecule has 14 nitrogen and oxygen atoms in total. The molecule has 0 aromatic heterocycles. The number of hydrogen-bond acceptors (Lipinski definition) is 14. The molecular formula is C72H135IO14Si5. The second-order valence-electron chi connectivity index (χ2n) is 36.7. The highest BCUT2D eigenvalue weighted by atomic mass is 127. The van der Waals surface area contributed by atoms with Crippen molar-refractivity contribution < 1.29 is 64.9 Å². The van der Waals surface area contributed by atoms with Crippen LogP contribution in [0.1, 0.15) is 201 Å². The molecular weight excluding hydrogens is 1360 g/mol. The summed E-state index contributed by atoms with van der Waals surface area (Å²) in [7, 11) is -10.4. The summed E-state index contributed by atoms with van der Waals surface area (Å²) in [5.41, 5.74) is 0.425. The summed E-state index contributed by atoms with van der Waals surface area (Å²) in [5.74, 6) is -0.784. The molecule has 534 valence electrons. The number of rotatable bonds is 16. The Balaban J connectivity index is 1.48. The lowest BCUT2D eigenvalue weighted by Gasteiger charge is -2.56. The summed E-state index contributed by atoms with van der Waals surface area (Å²) < 4.78 is 88.2. The van der Waals surface area contributed by atoms with Crippen LogP contribution >= 0.6 is 22.6 Å². The molecule has 0 aromatic rings. The molecule has 0 aliphatic carbocycles. The minimum Gasteiger partial charge on any atom is -0.458 e. The van der Waals surface area contributed by atoms with Crippen molar-refractivity contribution >= 4 is 75.9 Å². The highest BCUT2D eigenvalue weighted by molar-refractivity contribution is 14.1. The first-order chi connectivity index (χ1) is 41.9. The van der Waals surface area contributed by atoms with Crippen LogP contribution < -0.4 is 0 Å². The highest BCUT2D eigenvalue weighted by Gasteiger charge is 2.59. The number of carbonyl (C=O) groups is 2. The first-order valence-electron chi connectivity index (χ1n) is 35.7. The number of hydrogen-bond donors (Lipinski definition) is 0. The summed E-state index contributed by atoms with van der Waals surface area (Å²) in [6, 6.07) is 0. The third-order valence-corrected chi connectivity index (χ3v) is 48.1. The van der Waals surface area contributed by atoms with E-state index in [1.165, 1.54) is 6.92 Å². The Morgan fingerprint density at radius 1 is 0.652 bits per heavy atom. The summed E-state index contributed by atoms with van der Waals surface area (Å²) in [4.78, 5) is 28.8. The predicted molar refractivity (Wildman–Crippen MR) is 395 cm³/mol. The van der Waals surface area contributed by atoms with Gasteiger partial charge in [-0.15, -0.1) is 0 Å². The Bertz CT molecular complexity index is 2470. The molecule has 8 heterocycles. The molecule has 18 atom stereocenters. The lowest BCUT2D eigenvalue weighted by atomic mass is 9.81. The van der Waals surface area contributed by atoms with E-state index in [2.05, 4.69) is 211 Å². The van der Waals surface area contributed by atoms with Crippen molar-refractivity contribution in [3.05, 3.63) is 24.3 Å². The van der Waals surface area contributed by atoms with Crippen LogP contribution in [0.3, 0.4) is 0 Å². The second-order valence-corrected chi connectivity index (χ2v) is 61.3. The maximum Gasteiger partial charge on any atom is 0.303 e. The van der Waals surface area contributed by atoms with E-state index >= 15 is 4.79 Å². The number of ether oxygens (including phenoxy) is 7. The fourth-order valence-electron chi connectivity index (χ4n) is 13.3. The van der Waals surface area contributed by atoms with Crippen LogP contribution in [0.15, 0.2) is 24.3 Å². The van der Waals surface area contributed by atoms with Gasteiger partial charge in [0.05, 0.1) is 67.6 Å². The Hall–Kier alpha value is -0.00558. The Labute approximate surface area is 580 Å². The first kappa shape index (κ1) is 81.0. The molecule has 92 heavy (non-hydrogen) atoms. The van der Waals surface area contributed by atoms with Crippen molar-refractivity contribution in [2.75, 3.05) is 18.1 Å². The van der Waals surface area contributed by atoms with Crippen LogP contribution in [0.2, 0.25) is 90.7 Å². The van der Waals surface area contributed by atoms with Gasteiger partial charge in [-0.25, -0.2) is 0 Å². The van der Waals surface area contributed by atoms with Gasteiger partial charge < -0.3 is 55.3 Å². The number of methoxy groups -OCH3 is 1. The molecule has 7 bridgehead atoms. The van der Waals surface area contributed by atoms with Gasteiger partial charge in [0, 0.05) is 56.5 Å². The summed E-state index contributed by atoms with van der Waals surface area (Å²) >= 11 is 2.52. The fraction of sp³-hybridized carbons (Fsp3) is 0.917. The molecule has 5 saturated heterocycles. The second kappa shape index (κ2) is 30.7. The third-order valence-electron chi connectivity index (χ3n) is 24.4. The number of carbonyl (C=O) groups excluding carboxylic acids is 2. The summed E-state index contributed by atoms with van der Waals surface area (Å²) in [5, 5.41) is -0.414. The van der Waals surface area contributed by atoms with E-state index in [0.29, 0.717) is 32.3 Å². The number of Topliss-reactive ketones (excluding diaryl/α,β-unsaturated/α-hetero) is 1. The zero-order valence-electron chi connectivity index (χ0n) is 63.4. The summed E-state index contributed by atoms with van der Waals surface area (Å²) in [6.45, 7) is 66.3. The lowest BCUT2D eigenvalue weighted by Crippen LogP contribution is -2.69. The summed E-state index contributed by atoms with van der Waals surface area (Å²) in [6.07, 6.45) is 7.60. The van der Waals surface area contributed by atoms with Crippen LogP contribution in [0, 0.1) is 11.8 Å². The Morgan fingerprint density at radius 3 is 1.75 bits per heavy atom. The van der Waals surface area contributed by atoms with Crippen molar-refractivity contribution in [3.8, 4) is 0 Å². The highest BCUT2D eigenvalue weighted by Crippen LogP contribution is 2.51. The smallest absolute Gasteiger partial charge is 0.303 e. The van der Waals surface area contributed by atoms with E-state index in [1.54, 1.807) is 7.11 Å². The van der Waals surface area contributed by atoms with E-state index < -0.39 is 120 Å². The zero-order chi connectivity index (χ0) is 69.6. The number of fused-ring (bicyclic) bond motifs is 2. The van der Waals surface area contributed by atoms with E-state index in [4.69, 9.17) is 61.9 Å². The first-order valence-corrected chi connectivity index (χ1v) is 51.7. The number of ketones is 1. The molecule has 9 unspecified atom stereocenters. The van der Waals surface area contributed by atoms with Gasteiger partial charge in [-0.3, -0.25) is 9.59 Å². The molecule has 0 saturated carbocycles. The largest absolute Gasteiger partial charge is 0.458 e. The topological polar surface area (TPSA) is 145 Å². The van der Waals surface area contributed by atoms with Crippen LogP contribution in [0.25, 0.3) is 0 Å². The van der Waals surface area contributed by atoms with Crippen LogP contribution in [-0.2, 0) is 64.9 Å². The Morgan fingerprint density at radius 2 is 1.21 bits per heavy atom.